The van der Waals surface area contributed by atoms with Gasteiger partial charge in [0.1, 0.15) is 0 Å². The van der Waals surface area contributed by atoms with E-state index in [1.165, 1.54) is 66.8 Å². The van der Waals surface area contributed by atoms with Crippen LogP contribution in [0, 0.1) is 12.3 Å². The largest absolute Gasteiger partial charge is 0.330 e. The molecule has 6 rings (SSSR count). The van der Waals surface area contributed by atoms with Crippen molar-refractivity contribution in [3.63, 3.8) is 0 Å². The zero-order valence-corrected chi connectivity index (χ0v) is 38.3. The summed E-state index contributed by atoms with van der Waals surface area (Å²) in [7, 11) is 0. The summed E-state index contributed by atoms with van der Waals surface area (Å²) >= 11 is 0. The molecule has 2 nitrogen and oxygen atoms in total. The highest BCUT2D eigenvalue weighted by Crippen LogP contribution is 2.50. The number of nitrogens with zero attached hydrogens (tertiary/aromatic N) is 1. The van der Waals surface area contributed by atoms with Gasteiger partial charge in [0.15, 0.2) is 0 Å². The van der Waals surface area contributed by atoms with Crippen LogP contribution in [0.15, 0.2) is 150 Å². The Bertz CT molecular complexity index is 2420. The van der Waals surface area contributed by atoms with E-state index in [0.29, 0.717) is 12.5 Å². The van der Waals surface area contributed by atoms with Gasteiger partial charge in [-0.15, -0.1) is 0 Å². The SMILES string of the molecule is CC\C(=C/C(=C(/C(=C1\N=C(c2ccc(C(C)C)cc2)C=C1c1ccc(C(C)(C)CN)cc1)c1cccc(CC)c1)C(C)(C)CC)c1ccc(CC)cc1)c1ccc(C)cc1. The molecule has 0 aliphatic carbocycles. The van der Waals surface area contributed by atoms with Gasteiger partial charge in [0.2, 0.25) is 0 Å². The molecule has 0 saturated carbocycles. The quantitative estimate of drug-likeness (QED) is 0.105. The van der Waals surface area contributed by atoms with Crippen molar-refractivity contribution in [1.82, 2.24) is 0 Å². The van der Waals surface area contributed by atoms with Gasteiger partial charge in [-0.05, 0) is 111 Å². The lowest BCUT2D eigenvalue weighted by molar-refractivity contribution is 0.444. The monoisotopic (exact) mass is 793 g/mol. The molecule has 5 aromatic rings. The zero-order chi connectivity index (χ0) is 43.2. The number of aliphatic imine (C=N–C) groups is 1. The van der Waals surface area contributed by atoms with Crippen molar-refractivity contribution in [3.05, 3.63) is 200 Å². The summed E-state index contributed by atoms with van der Waals surface area (Å²) in [5, 5.41) is 0. The number of rotatable bonds is 15. The fraction of sp³-hybridized carbons (Fsp3) is 0.328. The number of hydrogen-bond acceptors (Lipinski definition) is 2. The van der Waals surface area contributed by atoms with Gasteiger partial charge < -0.3 is 5.73 Å². The molecule has 2 heteroatoms. The summed E-state index contributed by atoms with van der Waals surface area (Å²) in [6.07, 6.45) is 8.62. The van der Waals surface area contributed by atoms with E-state index in [9.17, 15) is 0 Å². The van der Waals surface area contributed by atoms with Gasteiger partial charge in [0.05, 0.1) is 11.4 Å². The van der Waals surface area contributed by atoms with Gasteiger partial charge in [-0.2, -0.15) is 0 Å². The first-order chi connectivity index (χ1) is 28.7. The fourth-order valence-electron chi connectivity index (χ4n) is 8.15. The van der Waals surface area contributed by atoms with Crippen LogP contribution in [0.5, 0.6) is 0 Å². The average Bonchev–Trinajstić information content (AvgIpc) is 3.71. The summed E-state index contributed by atoms with van der Waals surface area (Å²) < 4.78 is 0. The topological polar surface area (TPSA) is 38.4 Å². The van der Waals surface area contributed by atoms with Crippen LogP contribution in [0.2, 0.25) is 0 Å². The van der Waals surface area contributed by atoms with Gasteiger partial charge in [-0.1, -0.05) is 202 Å². The molecule has 310 valence electrons. The molecule has 0 unspecified atom stereocenters. The van der Waals surface area contributed by atoms with Crippen LogP contribution in [0.1, 0.15) is 144 Å². The minimum atomic E-state index is -0.247. The zero-order valence-electron chi connectivity index (χ0n) is 38.3. The molecule has 0 radical (unpaired) electrons. The molecule has 0 spiro atoms. The Kier molecular flexibility index (Phi) is 14.0. The second-order valence-electron chi connectivity index (χ2n) is 18.2. The lowest BCUT2D eigenvalue weighted by atomic mass is 9.71. The third-order valence-corrected chi connectivity index (χ3v) is 12.9. The lowest BCUT2D eigenvalue weighted by Gasteiger charge is -2.33. The Hall–Kier alpha value is -5.31. The van der Waals surface area contributed by atoms with Crippen molar-refractivity contribution >= 4 is 28.0 Å². The lowest BCUT2D eigenvalue weighted by Crippen LogP contribution is -2.27. The summed E-state index contributed by atoms with van der Waals surface area (Å²) in [6.45, 7) is 25.6. The normalized spacial score (nSPS) is 14.9. The maximum absolute atomic E-state index is 6.28. The van der Waals surface area contributed by atoms with E-state index in [1.807, 2.05) is 0 Å². The minimum absolute atomic E-state index is 0.128. The van der Waals surface area contributed by atoms with Crippen LogP contribution in [-0.2, 0) is 18.3 Å². The number of aryl methyl sites for hydroxylation is 3. The third kappa shape index (κ3) is 9.66. The van der Waals surface area contributed by atoms with Crippen molar-refractivity contribution in [1.29, 1.82) is 0 Å². The average molecular weight is 793 g/mol. The maximum Gasteiger partial charge on any atom is 0.0797 e. The molecule has 0 fully saturated rings. The number of hydrogen-bond donors (Lipinski definition) is 1. The molecule has 0 saturated heterocycles. The summed E-state index contributed by atoms with van der Waals surface area (Å²) in [5.74, 6) is 0.453. The van der Waals surface area contributed by atoms with E-state index in [4.69, 9.17) is 10.7 Å². The Morgan fingerprint density at radius 2 is 1.30 bits per heavy atom. The first-order valence-electron chi connectivity index (χ1n) is 22.4. The summed E-state index contributed by atoms with van der Waals surface area (Å²) in [4.78, 5) is 5.78. The van der Waals surface area contributed by atoms with E-state index in [0.717, 1.165) is 53.8 Å². The second kappa shape index (κ2) is 18.9. The molecule has 1 aliphatic rings. The van der Waals surface area contributed by atoms with Crippen LogP contribution in [-0.4, -0.2) is 12.3 Å². The first kappa shape index (κ1) is 44.2. The summed E-state index contributed by atoms with van der Waals surface area (Å²) in [6, 6.07) is 45.7. The minimum Gasteiger partial charge on any atom is -0.330 e. The second-order valence-corrected chi connectivity index (χ2v) is 18.2. The molecule has 0 bridgehead atoms. The van der Waals surface area contributed by atoms with E-state index < -0.39 is 0 Å². The predicted molar refractivity (Wildman–Crippen MR) is 263 cm³/mol. The Balaban J connectivity index is 1.80. The van der Waals surface area contributed by atoms with Crippen LogP contribution >= 0.6 is 0 Å². The van der Waals surface area contributed by atoms with Gasteiger partial charge in [0.25, 0.3) is 0 Å². The van der Waals surface area contributed by atoms with Crippen molar-refractivity contribution in [3.8, 4) is 0 Å². The van der Waals surface area contributed by atoms with Crippen molar-refractivity contribution in [2.75, 3.05) is 6.54 Å². The van der Waals surface area contributed by atoms with Crippen molar-refractivity contribution < 1.29 is 0 Å². The van der Waals surface area contributed by atoms with Crippen molar-refractivity contribution in [2.45, 2.75) is 113 Å². The molecule has 0 amide bonds. The van der Waals surface area contributed by atoms with E-state index in [1.54, 1.807) is 0 Å². The van der Waals surface area contributed by atoms with Gasteiger partial charge in [0, 0.05) is 28.7 Å². The van der Waals surface area contributed by atoms with E-state index in [-0.39, 0.29) is 10.8 Å². The van der Waals surface area contributed by atoms with Crippen LogP contribution in [0.25, 0.3) is 22.3 Å². The fourth-order valence-corrected chi connectivity index (χ4v) is 8.15. The van der Waals surface area contributed by atoms with Crippen LogP contribution in [0.3, 0.4) is 0 Å². The standard InChI is InChI=1S/C58H68N2/c1-12-41-21-25-46(26-22-41)51(36-43(14-3)45-23-19-40(7)20-24-45)55(57(8,9)15-4)54(49-18-16-17-42(13-2)35-49)56-52(47-31-33-50(34-32-47)58(10,11)38-59)37-53(60-56)48-29-27-44(28-30-48)39(5)6/h16-37,39H,12-15,38,59H2,1-11H3/b43-36+,55-51+,56-54-. The Morgan fingerprint density at radius 3 is 1.87 bits per heavy atom. The Labute approximate surface area is 362 Å². The highest BCUT2D eigenvalue weighted by atomic mass is 14.8. The Morgan fingerprint density at radius 1 is 0.683 bits per heavy atom. The molecule has 2 N–H and O–H groups in total. The highest BCUT2D eigenvalue weighted by molar-refractivity contribution is 6.20. The highest BCUT2D eigenvalue weighted by Gasteiger charge is 2.34. The van der Waals surface area contributed by atoms with Crippen molar-refractivity contribution in [2.24, 2.45) is 16.1 Å². The summed E-state index contributed by atoms with van der Waals surface area (Å²) in [5.41, 5.74) is 26.5. The molecule has 1 heterocycles. The molecule has 0 atom stereocenters. The number of nitrogens with two attached hydrogens (primary N) is 1. The molecular formula is C58H68N2. The van der Waals surface area contributed by atoms with E-state index >= 15 is 0 Å². The molecule has 0 aromatic heterocycles. The third-order valence-electron chi connectivity index (χ3n) is 12.9. The number of benzene rings is 5. The molecule has 1 aliphatic heterocycles. The van der Waals surface area contributed by atoms with Crippen LogP contribution < -0.4 is 5.73 Å². The van der Waals surface area contributed by atoms with Gasteiger partial charge in [-0.25, -0.2) is 4.99 Å². The van der Waals surface area contributed by atoms with Gasteiger partial charge in [-0.3, -0.25) is 0 Å². The molecule has 60 heavy (non-hydrogen) atoms. The van der Waals surface area contributed by atoms with E-state index in [2.05, 4.69) is 210 Å². The molecule has 5 aromatic carbocycles. The molecular weight excluding hydrogens is 725 g/mol. The van der Waals surface area contributed by atoms with Crippen LogP contribution in [0.4, 0.5) is 0 Å². The smallest absolute Gasteiger partial charge is 0.0797 e. The number of allylic oxidation sites excluding steroid dienone is 7. The first-order valence-corrected chi connectivity index (χ1v) is 22.4. The maximum atomic E-state index is 6.28. The predicted octanol–water partition coefficient (Wildman–Crippen LogP) is 15.2. The van der Waals surface area contributed by atoms with Gasteiger partial charge >= 0.3 is 0 Å².